The molecule has 0 aliphatic rings. The standard InChI is InChI=1S/C22H19NO3/c1-16-5-2-3-8-21(16)18-7-4-6-17(13-18)14-23-19-9-11-20(12-10-19)26-15-22(24)25/h2-14H,15H2,1H3,(H,24,25). The average molecular weight is 345 g/mol. The molecule has 0 bridgehead atoms. The summed E-state index contributed by atoms with van der Waals surface area (Å²) >= 11 is 0. The van der Waals surface area contributed by atoms with E-state index < -0.39 is 5.97 Å². The molecule has 1 N–H and O–H groups in total. The highest BCUT2D eigenvalue weighted by Gasteiger charge is 2.02. The molecule has 3 aromatic rings. The van der Waals surface area contributed by atoms with Crippen molar-refractivity contribution in [3.05, 3.63) is 83.9 Å². The molecule has 0 aliphatic carbocycles. The Bertz CT molecular complexity index is 930. The van der Waals surface area contributed by atoms with Gasteiger partial charge in [-0.15, -0.1) is 0 Å². The molecule has 0 heterocycles. The molecule has 0 saturated carbocycles. The van der Waals surface area contributed by atoms with E-state index in [1.807, 2.05) is 30.5 Å². The molecule has 0 aromatic heterocycles. The fourth-order valence-corrected chi connectivity index (χ4v) is 2.61. The van der Waals surface area contributed by atoms with Crippen LogP contribution in [0.25, 0.3) is 11.1 Å². The lowest BCUT2D eigenvalue weighted by atomic mass is 9.99. The van der Waals surface area contributed by atoms with E-state index in [0.717, 1.165) is 16.8 Å². The second-order valence-electron chi connectivity index (χ2n) is 5.87. The van der Waals surface area contributed by atoms with Crippen molar-refractivity contribution in [2.45, 2.75) is 6.92 Å². The Morgan fingerprint density at radius 3 is 2.54 bits per heavy atom. The van der Waals surface area contributed by atoms with Crippen LogP contribution in [0.4, 0.5) is 5.69 Å². The highest BCUT2D eigenvalue weighted by atomic mass is 16.5. The fourth-order valence-electron chi connectivity index (χ4n) is 2.61. The number of carboxylic acid groups (broad SMARTS) is 1. The number of aryl methyl sites for hydroxylation is 1. The van der Waals surface area contributed by atoms with Crippen molar-refractivity contribution >= 4 is 17.9 Å². The number of nitrogens with zero attached hydrogens (tertiary/aromatic N) is 1. The van der Waals surface area contributed by atoms with Gasteiger partial charge in [-0.3, -0.25) is 4.99 Å². The molecule has 0 amide bonds. The van der Waals surface area contributed by atoms with Crippen molar-refractivity contribution in [2.24, 2.45) is 4.99 Å². The lowest BCUT2D eigenvalue weighted by Crippen LogP contribution is -2.09. The van der Waals surface area contributed by atoms with Gasteiger partial charge in [0, 0.05) is 6.21 Å². The van der Waals surface area contributed by atoms with Crippen molar-refractivity contribution in [3.8, 4) is 16.9 Å². The van der Waals surface area contributed by atoms with Crippen molar-refractivity contribution in [3.63, 3.8) is 0 Å². The Kier molecular flexibility index (Phi) is 5.44. The average Bonchev–Trinajstić information content (AvgIpc) is 2.66. The van der Waals surface area contributed by atoms with E-state index in [1.165, 1.54) is 11.1 Å². The molecule has 0 aliphatic heterocycles. The molecular formula is C22H19NO3. The van der Waals surface area contributed by atoms with Gasteiger partial charge in [0.05, 0.1) is 5.69 Å². The van der Waals surface area contributed by atoms with Gasteiger partial charge in [-0.25, -0.2) is 4.79 Å². The van der Waals surface area contributed by atoms with Crippen LogP contribution in [0.2, 0.25) is 0 Å². The van der Waals surface area contributed by atoms with Gasteiger partial charge in [-0.2, -0.15) is 0 Å². The topological polar surface area (TPSA) is 58.9 Å². The minimum absolute atomic E-state index is 0.353. The quantitative estimate of drug-likeness (QED) is 0.648. The molecule has 4 nitrogen and oxygen atoms in total. The monoisotopic (exact) mass is 345 g/mol. The number of carboxylic acids is 1. The largest absolute Gasteiger partial charge is 0.482 e. The first-order valence-corrected chi connectivity index (χ1v) is 8.26. The normalized spacial score (nSPS) is 10.8. The number of carbonyl (C=O) groups is 1. The predicted molar refractivity (Wildman–Crippen MR) is 103 cm³/mol. The number of aliphatic imine (C=N–C) groups is 1. The molecule has 0 spiro atoms. The van der Waals surface area contributed by atoms with Gasteiger partial charge >= 0.3 is 5.97 Å². The van der Waals surface area contributed by atoms with E-state index in [1.54, 1.807) is 24.3 Å². The second kappa shape index (κ2) is 8.12. The fraction of sp³-hybridized carbons (Fsp3) is 0.0909. The Hall–Kier alpha value is -3.40. The summed E-state index contributed by atoms with van der Waals surface area (Å²) in [7, 11) is 0. The van der Waals surface area contributed by atoms with E-state index in [-0.39, 0.29) is 6.61 Å². The molecule has 26 heavy (non-hydrogen) atoms. The third-order valence-corrected chi connectivity index (χ3v) is 3.90. The second-order valence-corrected chi connectivity index (χ2v) is 5.87. The van der Waals surface area contributed by atoms with Gasteiger partial charge in [0.25, 0.3) is 0 Å². The SMILES string of the molecule is Cc1ccccc1-c1cccc(C=Nc2ccc(OCC(=O)O)cc2)c1. The van der Waals surface area contributed by atoms with Crippen molar-refractivity contribution in [1.82, 2.24) is 0 Å². The number of hydrogen-bond donors (Lipinski definition) is 1. The predicted octanol–water partition coefficient (Wildman–Crippen LogP) is 4.88. The molecule has 3 rings (SSSR count). The van der Waals surface area contributed by atoms with E-state index in [2.05, 4.69) is 36.2 Å². The van der Waals surface area contributed by atoms with E-state index in [4.69, 9.17) is 9.84 Å². The van der Waals surface area contributed by atoms with E-state index in [9.17, 15) is 4.79 Å². The molecular weight excluding hydrogens is 326 g/mol. The molecule has 0 unspecified atom stereocenters. The minimum Gasteiger partial charge on any atom is -0.482 e. The summed E-state index contributed by atoms with van der Waals surface area (Å²) in [5.41, 5.74) is 5.39. The van der Waals surface area contributed by atoms with Crippen LogP contribution in [0, 0.1) is 6.92 Å². The lowest BCUT2D eigenvalue weighted by molar-refractivity contribution is -0.139. The molecule has 3 aromatic carbocycles. The summed E-state index contributed by atoms with van der Waals surface area (Å²) in [5.74, 6) is -0.492. The highest BCUT2D eigenvalue weighted by Crippen LogP contribution is 2.24. The molecule has 0 fully saturated rings. The maximum Gasteiger partial charge on any atom is 0.341 e. The molecule has 0 atom stereocenters. The highest BCUT2D eigenvalue weighted by molar-refractivity contribution is 5.84. The van der Waals surface area contributed by atoms with Crippen molar-refractivity contribution < 1.29 is 14.6 Å². The summed E-state index contributed by atoms with van der Waals surface area (Å²) in [4.78, 5) is 15.0. The Morgan fingerprint density at radius 1 is 1.04 bits per heavy atom. The van der Waals surface area contributed by atoms with Gasteiger partial charge in [0.15, 0.2) is 6.61 Å². The maximum atomic E-state index is 10.5. The van der Waals surface area contributed by atoms with Crippen LogP contribution >= 0.6 is 0 Å². The van der Waals surface area contributed by atoms with Gasteiger partial charge in [-0.05, 0) is 59.5 Å². The number of hydrogen-bond acceptors (Lipinski definition) is 3. The summed E-state index contributed by atoms with van der Waals surface area (Å²) in [6.07, 6.45) is 1.81. The summed E-state index contributed by atoms with van der Waals surface area (Å²) in [6, 6.07) is 23.5. The summed E-state index contributed by atoms with van der Waals surface area (Å²) < 4.78 is 5.11. The van der Waals surface area contributed by atoms with Crippen LogP contribution in [0.1, 0.15) is 11.1 Å². The number of aliphatic carboxylic acids is 1. The zero-order valence-corrected chi connectivity index (χ0v) is 14.4. The zero-order valence-electron chi connectivity index (χ0n) is 14.4. The van der Waals surface area contributed by atoms with Gasteiger partial charge in [-0.1, -0.05) is 42.5 Å². The number of benzene rings is 3. The number of rotatable bonds is 6. The van der Waals surface area contributed by atoms with Crippen LogP contribution < -0.4 is 4.74 Å². The van der Waals surface area contributed by atoms with Crippen LogP contribution in [0.5, 0.6) is 5.75 Å². The first-order valence-electron chi connectivity index (χ1n) is 8.26. The van der Waals surface area contributed by atoms with Gasteiger partial charge in [0.1, 0.15) is 5.75 Å². The number of ether oxygens (including phenoxy) is 1. The summed E-state index contributed by atoms with van der Waals surface area (Å²) in [5, 5.41) is 8.61. The van der Waals surface area contributed by atoms with Gasteiger partial charge < -0.3 is 9.84 Å². The van der Waals surface area contributed by atoms with Crippen molar-refractivity contribution in [1.29, 1.82) is 0 Å². The first-order chi connectivity index (χ1) is 12.6. The van der Waals surface area contributed by atoms with Crippen molar-refractivity contribution in [2.75, 3.05) is 6.61 Å². The van der Waals surface area contributed by atoms with Crippen LogP contribution in [-0.4, -0.2) is 23.9 Å². The van der Waals surface area contributed by atoms with Crippen LogP contribution in [0.15, 0.2) is 77.8 Å². The zero-order chi connectivity index (χ0) is 18.4. The first kappa shape index (κ1) is 17.4. The third kappa shape index (κ3) is 4.57. The summed E-state index contributed by atoms with van der Waals surface area (Å²) in [6.45, 7) is 1.75. The minimum atomic E-state index is -0.999. The smallest absolute Gasteiger partial charge is 0.341 e. The lowest BCUT2D eigenvalue weighted by Gasteiger charge is -2.06. The Labute approximate surface area is 152 Å². The third-order valence-electron chi connectivity index (χ3n) is 3.90. The van der Waals surface area contributed by atoms with E-state index in [0.29, 0.717) is 5.75 Å². The molecule has 4 heteroatoms. The molecule has 0 saturated heterocycles. The van der Waals surface area contributed by atoms with Gasteiger partial charge in [0.2, 0.25) is 0 Å². The Morgan fingerprint density at radius 2 is 1.81 bits per heavy atom. The maximum absolute atomic E-state index is 10.5. The van der Waals surface area contributed by atoms with Crippen LogP contribution in [0.3, 0.4) is 0 Å². The van der Waals surface area contributed by atoms with Crippen LogP contribution in [-0.2, 0) is 4.79 Å². The Balaban J connectivity index is 1.74. The molecule has 130 valence electrons. The molecule has 0 radical (unpaired) electrons. The van der Waals surface area contributed by atoms with E-state index >= 15 is 0 Å².